The summed E-state index contributed by atoms with van der Waals surface area (Å²) in [7, 11) is 0. The molecule has 0 heterocycles. The maximum atomic E-state index is 9.57. The summed E-state index contributed by atoms with van der Waals surface area (Å²) in [6, 6.07) is 0. The summed E-state index contributed by atoms with van der Waals surface area (Å²) in [4.78, 5) is 0. The maximum absolute atomic E-state index is 9.57. The van der Waals surface area contributed by atoms with Crippen molar-refractivity contribution in [3.8, 4) is 0 Å². The fourth-order valence-corrected chi connectivity index (χ4v) is 0. The van der Waals surface area contributed by atoms with E-state index >= 15 is 0 Å². The Morgan fingerprint density at radius 3 is 1.50 bits per heavy atom. The van der Waals surface area contributed by atoms with Crippen LogP contribution in [-0.2, 0) is 19.6 Å². The van der Waals surface area contributed by atoms with Crippen LogP contribution in [0.15, 0.2) is 0 Å². The zero-order chi connectivity index (χ0) is 3.58. The molecule has 4 heteroatoms. The van der Waals surface area contributed by atoms with Crippen LogP contribution in [0.4, 0.5) is 0 Å². The van der Waals surface area contributed by atoms with Gasteiger partial charge in [-0.05, 0) is 0 Å². The SMILES string of the molecule is [O]=[Hf]([Br])[Br]. The molecule has 0 unspecified atom stereocenters. The van der Waals surface area contributed by atoms with Crippen molar-refractivity contribution in [2.45, 2.75) is 0 Å². The Balaban J connectivity index is 2.80. The molecule has 0 fully saturated rings. The van der Waals surface area contributed by atoms with Gasteiger partial charge in [0.25, 0.3) is 0 Å². The topological polar surface area (TPSA) is 17.1 Å². The summed E-state index contributed by atoms with van der Waals surface area (Å²) in [6.45, 7) is 0. The average Bonchev–Trinajstić information content (AvgIpc) is 0.811. The zero-order valence-electron chi connectivity index (χ0n) is 1.66. The Hall–Kier alpha value is 1.63. The van der Waals surface area contributed by atoms with E-state index in [-0.39, 0.29) is 0 Å². The van der Waals surface area contributed by atoms with Gasteiger partial charge in [0, 0.05) is 0 Å². The molecule has 0 N–H and O–H groups in total. The van der Waals surface area contributed by atoms with E-state index in [1.165, 1.54) is 0 Å². The van der Waals surface area contributed by atoms with E-state index in [2.05, 4.69) is 24.6 Å². The predicted octanol–water partition coefficient (Wildman–Crippen LogP) is 1.57. The summed E-state index contributed by atoms with van der Waals surface area (Å²) in [5.41, 5.74) is 0. The summed E-state index contributed by atoms with van der Waals surface area (Å²) in [5.74, 6) is 0. The molecule has 0 amide bonds. The van der Waals surface area contributed by atoms with Crippen LogP contribution in [0.5, 0.6) is 0 Å². The Kier molecular flexibility index (Phi) is 4.01. The molecule has 0 aliphatic heterocycles. The number of halogens is 2. The number of hydrogen-bond donors (Lipinski definition) is 0. The Morgan fingerprint density at radius 2 is 1.50 bits per heavy atom. The van der Waals surface area contributed by atoms with Crippen LogP contribution < -0.4 is 0 Å². The van der Waals surface area contributed by atoms with Gasteiger partial charge in [0.05, 0.1) is 0 Å². The monoisotopic (exact) mass is 354 g/mol. The predicted molar refractivity (Wildman–Crippen MR) is 18.5 cm³/mol. The molecule has 0 aliphatic rings. The third kappa shape index (κ3) is 9.45. The second-order valence-electron chi connectivity index (χ2n) is 0.226. The van der Waals surface area contributed by atoms with Gasteiger partial charge in [-0.2, -0.15) is 0 Å². The molecule has 0 saturated carbocycles. The van der Waals surface area contributed by atoms with Crippen LogP contribution in [0, 0.1) is 0 Å². The first kappa shape index (κ1) is 5.63. The van der Waals surface area contributed by atoms with Crippen molar-refractivity contribution in [2.75, 3.05) is 0 Å². The van der Waals surface area contributed by atoms with Crippen molar-refractivity contribution in [2.24, 2.45) is 0 Å². The number of hydrogen-bond acceptors (Lipinski definition) is 1. The van der Waals surface area contributed by atoms with Crippen molar-refractivity contribution in [1.29, 1.82) is 0 Å². The van der Waals surface area contributed by atoms with Gasteiger partial charge in [-0.25, -0.2) is 0 Å². The first-order valence-corrected chi connectivity index (χ1v) is 17.7. The molecule has 0 aromatic heterocycles. The molecule has 0 radical (unpaired) electrons. The molecule has 24 valence electrons. The number of rotatable bonds is 0. The minimum absolute atomic E-state index is 2.28. The second-order valence-corrected chi connectivity index (χ2v) is 22.3. The average molecular weight is 354 g/mol. The van der Waals surface area contributed by atoms with Gasteiger partial charge in [-0.3, -0.25) is 0 Å². The van der Waals surface area contributed by atoms with Gasteiger partial charge in [0.2, 0.25) is 0 Å². The van der Waals surface area contributed by atoms with E-state index in [1.54, 1.807) is 0 Å². The van der Waals surface area contributed by atoms with Crippen LogP contribution in [0.2, 0.25) is 0 Å². The summed E-state index contributed by atoms with van der Waals surface area (Å²) in [6.07, 6.45) is 0. The van der Waals surface area contributed by atoms with Gasteiger partial charge in [0.15, 0.2) is 0 Å². The van der Waals surface area contributed by atoms with Crippen molar-refractivity contribution in [3.63, 3.8) is 0 Å². The second kappa shape index (κ2) is 2.85. The van der Waals surface area contributed by atoms with Crippen LogP contribution in [-0.4, -0.2) is 0 Å². The van der Waals surface area contributed by atoms with Crippen molar-refractivity contribution >= 4 is 24.6 Å². The van der Waals surface area contributed by atoms with Crippen molar-refractivity contribution in [1.82, 2.24) is 0 Å². The third-order valence-corrected chi connectivity index (χ3v) is 0. The Labute approximate surface area is 43.7 Å². The fourth-order valence-electron chi connectivity index (χ4n) is 0. The van der Waals surface area contributed by atoms with Crippen LogP contribution >= 0.6 is 24.6 Å². The van der Waals surface area contributed by atoms with Gasteiger partial charge in [-0.1, -0.05) is 0 Å². The van der Waals surface area contributed by atoms with Gasteiger partial charge < -0.3 is 0 Å². The molecule has 4 heavy (non-hydrogen) atoms. The third-order valence-electron chi connectivity index (χ3n) is 0. The van der Waals surface area contributed by atoms with E-state index in [9.17, 15) is 2.85 Å². The van der Waals surface area contributed by atoms with Crippen molar-refractivity contribution < 1.29 is 19.6 Å². The molecular formula is Br2HfO. The van der Waals surface area contributed by atoms with E-state index in [1.807, 2.05) is 0 Å². The molecule has 0 aromatic rings. The zero-order valence-corrected chi connectivity index (χ0v) is 8.43. The summed E-state index contributed by atoms with van der Waals surface area (Å²) < 4.78 is 9.57. The van der Waals surface area contributed by atoms with E-state index < -0.39 is 16.8 Å². The van der Waals surface area contributed by atoms with Crippen LogP contribution in [0.3, 0.4) is 0 Å². The quantitative estimate of drug-likeness (QED) is 0.604. The molecule has 0 aromatic carbocycles. The molecular weight excluding hydrogens is 354 g/mol. The Bertz CT molecular complexity index is 29.0. The van der Waals surface area contributed by atoms with Crippen LogP contribution in [0.1, 0.15) is 0 Å². The summed E-state index contributed by atoms with van der Waals surface area (Å²) >= 11 is 3.41. The molecule has 0 rings (SSSR count). The molecule has 0 saturated heterocycles. The van der Waals surface area contributed by atoms with Crippen LogP contribution in [0.25, 0.3) is 0 Å². The first-order valence-electron chi connectivity index (χ1n) is 0.582. The minimum atomic E-state index is -2.28. The normalized spacial score (nSPS) is 6.50. The fraction of sp³-hybridized carbons (Fsp3) is 0. The molecule has 1 nitrogen and oxygen atoms in total. The van der Waals surface area contributed by atoms with Gasteiger partial charge in [0.1, 0.15) is 0 Å². The Morgan fingerprint density at radius 1 is 1.50 bits per heavy atom. The molecule has 0 bridgehead atoms. The summed E-state index contributed by atoms with van der Waals surface area (Å²) in [5, 5.41) is 0. The van der Waals surface area contributed by atoms with E-state index in [0.717, 1.165) is 0 Å². The first-order chi connectivity index (χ1) is 1.73. The van der Waals surface area contributed by atoms with Gasteiger partial charge >= 0.3 is 44.2 Å². The van der Waals surface area contributed by atoms with E-state index in [0.29, 0.717) is 0 Å². The van der Waals surface area contributed by atoms with E-state index in [4.69, 9.17) is 0 Å². The molecule has 0 spiro atoms. The molecule has 0 aliphatic carbocycles. The van der Waals surface area contributed by atoms with Gasteiger partial charge in [-0.15, -0.1) is 0 Å². The van der Waals surface area contributed by atoms with Crippen molar-refractivity contribution in [3.05, 3.63) is 0 Å². The molecule has 0 atom stereocenters. The standard InChI is InChI=1S/2BrH.Hf.O/h2*1H;;/q;;+2;/p-2.